The monoisotopic (exact) mass is 477 g/mol. The van der Waals surface area contributed by atoms with Gasteiger partial charge in [-0.1, -0.05) is 0 Å². The summed E-state index contributed by atoms with van der Waals surface area (Å²) in [4.78, 5) is 31.1. The minimum absolute atomic E-state index is 0.0422. The minimum atomic E-state index is -0.283. The molecule has 2 amide bonds. The summed E-state index contributed by atoms with van der Waals surface area (Å²) in [5.74, 6) is 0.457. The highest BCUT2D eigenvalue weighted by atomic mass is 79.9. The van der Waals surface area contributed by atoms with Crippen LogP contribution in [0.5, 0.6) is 5.75 Å². The van der Waals surface area contributed by atoms with Crippen LogP contribution in [0.15, 0.2) is 39.5 Å². The molecule has 9 heteroatoms. The number of fused-ring (bicyclic) bond motifs is 1. The zero-order chi connectivity index (χ0) is 19.7. The Morgan fingerprint density at radius 1 is 1.32 bits per heavy atom. The number of benzene rings is 1. The molecule has 0 aliphatic carbocycles. The predicted molar refractivity (Wildman–Crippen MR) is 114 cm³/mol. The van der Waals surface area contributed by atoms with Gasteiger partial charge in [0.2, 0.25) is 5.91 Å². The van der Waals surface area contributed by atoms with Crippen LogP contribution in [0.25, 0.3) is 11.3 Å². The molecule has 1 aromatic carbocycles. The number of hydrogen-bond donors (Lipinski definition) is 1. The van der Waals surface area contributed by atoms with E-state index in [9.17, 15) is 9.59 Å². The number of rotatable bonds is 5. The second-order valence-electron chi connectivity index (χ2n) is 6.27. The van der Waals surface area contributed by atoms with E-state index in [0.29, 0.717) is 16.6 Å². The Morgan fingerprint density at radius 3 is 2.96 bits per heavy atom. The van der Waals surface area contributed by atoms with Gasteiger partial charge in [0, 0.05) is 24.4 Å². The van der Waals surface area contributed by atoms with Gasteiger partial charge in [0.1, 0.15) is 5.75 Å². The molecule has 3 aromatic rings. The molecule has 0 atom stereocenters. The average molecular weight is 478 g/mol. The van der Waals surface area contributed by atoms with Gasteiger partial charge >= 0.3 is 0 Å². The number of likely N-dealkylation sites (N-methyl/N-ethyl adjacent to an activating group) is 1. The van der Waals surface area contributed by atoms with Gasteiger partial charge in [-0.15, -0.1) is 22.7 Å². The normalized spacial score (nSPS) is 12.4. The topological polar surface area (TPSA) is 71.5 Å². The van der Waals surface area contributed by atoms with Crippen LogP contribution in [-0.2, 0) is 11.2 Å². The maximum absolute atomic E-state index is 12.3. The van der Waals surface area contributed by atoms with Gasteiger partial charge in [-0.25, -0.2) is 4.98 Å². The first-order valence-corrected chi connectivity index (χ1v) is 11.0. The number of carbonyl (C=O) groups excluding carboxylic acids is 2. The Kier molecular flexibility index (Phi) is 5.47. The third-order valence-electron chi connectivity index (χ3n) is 4.25. The second kappa shape index (κ2) is 8.02. The fourth-order valence-corrected chi connectivity index (χ4v) is 4.99. The highest BCUT2D eigenvalue weighted by Crippen LogP contribution is 2.32. The van der Waals surface area contributed by atoms with Gasteiger partial charge in [0.25, 0.3) is 5.91 Å². The fourth-order valence-electron chi connectivity index (χ4n) is 2.87. The second-order valence-corrected chi connectivity index (χ2v) is 9.59. The van der Waals surface area contributed by atoms with E-state index in [1.807, 2.05) is 23.6 Å². The minimum Gasteiger partial charge on any atom is -0.493 e. The Bertz CT molecular complexity index is 1050. The third kappa shape index (κ3) is 4.11. The maximum atomic E-state index is 12.3. The van der Waals surface area contributed by atoms with Gasteiger partial charge < -0.3 is 15.0 Å². The summed E-state index contributed by atoms with van der Waals surface area (Å²) in [6, 6.07) is 9.55. The quantitative estimate of drug-likeness (QED) is 0.595. The van der Waals surface area contributed by atoms with E-state index in [4.69, 9.17) is 4.74 Å². The van der Waals surface area contributed by atoms with Crippen molar-refractivity contribution in [2.24, 2.45) is 0 Å². The van der Waals surface area contributed by atoms with E-state index < -0.39 is 0 Å². The molecular formula is C19H16BrN3O3S2. The van der Waals surface area contributed by atoms with Crippen molar-refractivity contribution in [3.05, 3.63) is 49.9 Å². The zero-order valence-corrected chi connectivity index (χ0v) is 18.1. The molecule has 0 unspecified atom stereocenters. The summed E-state index contributed by atoms with van der Waals surface area (Å²) in [6.07, 6.45) is 0.901. The van der Waals surface area contributed by atoms with Crippen LogP contribution in [0.2, 0.25) is 0 Å². The summed E-state index contributed by atoms with van der Waals surface area (Å²) in [6.45, 7) is 0.672. The van der Waals surface area contributed by atoms with E-state index >= 15 is 0 Å². The van der Waals surface area contributed by atoms with E-state index in [-0.39, 0.29) is 18.4 Å². The molecule has 4 rings (SSSR count). The van der Waals surface area contributed by atoms with Crippen LogP contribution in [0.4, 0.5) is 5.13 Å². The summed E-state index contributed by atoms with van der Waals surface area (Å²) >= 11 is 6.04. The first-order valence-electron chi connectivity index (χ1n) is 8.52. The lowest BCUT2D eigenvalue weighted by molar-refractivity contribution is -0.116. The smallest absolute Gasteiger partial charge is 0.264 e. The average Bonchev–Trinajstić information content (AvgIpc) is 3.40. The molecule has 1 aliphatic heterocycles. The number of thiophene rings is 1. The number of carbonyl (C=O) groups is 2. The van der Waals surface area contributed by atoms with Gasteiger partial charge in [0.15, 0.2) is 5.13 Å². The SMILES string of the molecule is CN(CC(=O)Nc1nc(-c2ccc3c(c2)CCO3)cs1)C(=O)c1ccc(Br)s1. The number of nitrogens with zero attached hydrogens (tertiary/aromatic N) is 2. The molecule has 2 aromatic heterocycles. The number of ether oxygens (including phenoxy) is 1. The van der Waals surface area contributed by atoms with Gasteiger partial charge in [-0.2, -0.15) is 0 Å². The number of nitrogens with one attached hydrogen (secondary N) is 1. The molecule has 0 spiro atoms. The van der Waals surface area contributed by atoms with Crippen LogP contribution >= 0.6 is 38.6 Å². The summed E-state index contributed by atoms with van der Waals surface area (Å²) in [7, 11) is 1.61. The van der Waals surface area contributed by atoms with Crippen LogP contribution in [0.1, 0.15) is 15.2 Å². The van der Waals surface area contributed by atoms with Crippen molar-refractivity contribution >= 4 is 55.5 Å². The van der Waals surface area contributed by atoms with Crippen LogP contribution in [0.3, 0.4) is 0 Å². The van der Waals surface area contributed by atoms with Gasteiger partial charge in [-0.3, -0.25) is 9.59 Å². The van der Waals surface area contributed by atoms with Crippen molar-refractivity contribution < 1.29 is 14.3 Å². The number of thiazole rings is 1. The van der Waals surface area contributed by atoms with Crippen molar-refractivity contribution in [1.82, 2.24) is 9.88 Å². The van der Waals surface area contributed by atoms with Crippen molar-refractivity contribution in [1.29, 1.82) is 0 Å². The molecule has 0 saturated heterocycles. The first kappa shape index (κ1) is 19.1. The molecule has 28 heavy (non-hydrogen) atoms. The highest BCUT2D eigenvalue weighted by molar-refractivity contribution is 9.11. The lowest BCUT2D eigenvalue weighted by Gasteiger charge is -2.15. The van der Waals surface area contributed by atoms with E-state index in [1.165, 1.54) is 33.1 Å². The fraction of sp³-hybridized carbons (Fsp3) is 0.211. The Hall–Kier alpha value is -2.23. The molecule has 1 N–H and O–H groups in total. The van der Waals surface area contributed by atoms with E-state index in [1.54, 1.807) is 13.1 Å². The lowest BCUT2D eigenvalue weighted by Crippen LogP contribution is -2.34. The largest absolute Gasteiger partial charge is 0.493 e. The predicted octanol–water partition coefficient (Wildman–Crippen LogP) is 4.28. The number of hydrogen-bond acceptors (Lipinski definition) is 6. The van der Waals surface area contributed by atoms with Crippen molar-refractivity contribution in [2.75, 3.05) is 25.5 Å². The van der Waals surface area contributed by atoms with Crippen molar-refractivity contribution in [3.63, 3.8) is 0 Å². The first-order chi connectivity index (χ1) is 13.5. The molecule has 144 valence electrons. The molecule has 1 aliphatic rings. The maximum Gasteiger partial charge on any atom is 0.264 e. The molecule has 0 saturated carbocycles. The molecule has 0 radical (unpaired) electrons. The molecule has 3 heterocycles. The number of halogens is 1. The number of anilines is 1. The third-order valence-corrected chi connectivity index (χ3v) is 6.62. The van der Waals surface area contributed by atoms with Gasteiger partial charge in [0.05, 0.1) is 27.5 Å². The van der Waals surface area contributed by atoms with Crippen molar-refractivity contribution in [2.45, 2.75) is 6.42 Å². The molecule has 0 bridgehead atoms. The Morgan fingerprint density at radius 2 is 2.18 bits per heavy atom. The van der Waals surface area contributed by atoms with Crippen LogP contribution in [-0.4, -0.2) is 41.9 Å². The van der Waals surface area contributed by atoms with Crippen LogP contribution < -0.4 is 10.1 Å². The summed E-state index contributed by atoms with van der Waals surface area (Å²) in [5, 5.41) is 5.19. The van der Waals surface area contributed by atoms with E-state index in [0.717, 1.165) is 27.2 Å². The molecule has 6 nitrogen and oxygen atoms in total. The Labute approximate surface area is 178 Å². The summed E-state index contributed by atoms with van der Waals surface area (Å²) < 4.78 is 6.40. The van der Waals surface area contributed by atoms with Gasteiger partial charge in [-0.05, 0) is 51.8 Å². The highest BCUT2D eigenvalue weighted by Gasteiger charge is 2.18. The zero-order valence-electron chi connectivity index (χ0n) is 14.9. The standard InChI is InChI=1S/C19H16BrN3O3S2/c1-23(18(25)15-4-5-16(20)28-15)9-17(24)22-19-21-13(10-27-19)11-2-3-14-12(8-11)6-7-26-14/h2-5,8,10H,6-7,9H2,1H3,(H,21,22,24). The van der Waals surface area contributed by atoms with E-state index in [2.05, 4.69) is 32.3 Å². The van der Waals surface area contributed by atoms with Crippen LogP contribution in [0, 0.1) is 0 Å². The van der Waals surface area contributed by atoms with Crippen molar-refractivity contribution in [3.8, 4) is 17.0 Å². The number of aromatic nitrogens is 1. The number of amides is 2. The lowest BCUT2D eigenvalue weighted by atomic mass is 10.1. The summed E-state index contributed by atoms with van der Waals surface area (Å²) in [5.41, 5.74) is 2.98. The molecular weight excluding hydrogens is 462 g/mol. The Balaban J connectivity index is 1.38. The molecule has 0 fully saturated rings.